The third kappa shape index (κ3) is 2.23. The molecule has 0 radical (unpaired) electrons. The lowest BCUT2D eigenvalue weighted by Crippen LogP contribution is -2.52. The summed E-state index contributed by atoms with van der Waals surface area (Å²) in [5, 5.41) is 8.81. The molecule has 0 saturated heterocycles. The molecule has 3 nitrogen and oxygen atoms in total. The third-order valence-electron chi connectivity index (χ3n) is 5.54. The van der Waals surface area contributed by atoms with Gasteiger partial charge < -0.3 is 4.74 Å². The average Bonchev–Trinajstić information content (AvgIpc) is 2.45. The molecular formula is C18H19NO2. The Labute approximate surface area is 124 Å². The number of nitrogens with zero attached hydrogens (tertiary/aromatic N) is 1. The number of hydrogen-bond donors (Lipinski definition) is 0. The van der Waals surface area contributed by atoms with E-state index < -0.39 is 0 Å². The fraction of sp³-hybridized carbons (Fsp3) is 0.556. The molecular weight excluding hydrogens is 262 g/mol. The van der Waals surface area contributed by atoms with Crippen LogP contribution in [0.5, 0.6) is 0 Å². The molecule has 0 aromatic heterocycles. The lowest BCUT2D eigenvalue weighted by molar-refractivity contribution is -0.131. The Morgan fingerprint density at radius 3 is 2.05 bits per heavy atom. The highest BCUT2D eigenvalue weighted by Gasteiger charge is 2.53. The average molecular weight is 281 g/mol. The van der Waals surface area contributed by atoms with Gasteiger partial charge in [-0.25, -0.2) is 4.79 Å². The maximum Gasteiger partial charge on any atom is 0.338 e. The van der Waals surface area contributed by atoms with E-state index in [-0.39, 0.29) is 11.6 Å². The summed E-state index contributed by atoms with van der Waals surface area (Å²) in [4.78, 5) is 12.4. The molecule has 21 heavy (non-hydrogen) atoms. The lowest BCUT2D eigenvalue weighted by atomic mass is 9.54. The summed E-state index contributed by atoms with van der Waals surface area (Å²) in [6.07, 6.45) is 7.19. The van der Waals surface area contributed by atoms with E-state index in [0.717, 1.165) is 37.0 Å². The molecule has 0 amide bonds. The number of hydrogen-bond acceptors (Lipinski definition) is 3. The Balaban J connectivity index is 1.52. The number of esters is 1. The first-order valence-corrected chi connectivity index (χ1v) is 7.89. The highest BCUT2D eigenvalue weighted by molar-refractivity contribution is 5.89. The lowest BCUT2D eigenvalue weighted by Gasteiger charge is -2.55. The monoisotopic (exact) mass is 281 g/mol. The fourth-order valence-electron chi connectivity index (χ4n) is 5.09. The summed E-state index contributed by atoms with van der Waals surface area (Å²) in [6, 6.07) is 8.81. The van der Waals surface area contributed by atoms with Crippen LogP contribution in [0.2, 0.25) is 0 Å². The van der Waals surface area contributed by atoms with Gasteiger partial charge in [0, 0.05) is 0 Å². The largest absolute Gasteiger partial charge is 0.455 e. The zero-order valence-electron chi connectivity index (χ0n) is 12.0. The minimum absolute atomic E-state index is 0.195. The summed E-state index contributed by atoms with van der Waals surface area (Å²) < 4.78 is 5.99. The van der Waals surface area contributed by atoms with Crippen molar-refractivity contribution in [1.82, 2.24) is 0 Å². The number of ether oxygens (including phenoxy) is 1. The molecule has 5 rings (SSSR count). The van der Waals surface area contributed by atoms with Crippen LogP contribution in [0.25, 0.3) is 0 Å². The molecule has 0 unspecified atom stereocenters. The van der Waals surface area contributed by atoms with Gasteiger partial charge in [0.1, 0.15) is 5.60 Å². The zero-order chi connectivity index (χ0) is 14.4. The van der Waals surface area contributed by atoms with Crippen LogP contribution in [-0.4, -0.2) is 11.6 Å². The summed E-state index contributed by atoms with van der Waals surface area (Å²) in [5.41, 5.74) is 0.936. The van der Waals surface area contributed by atoms with Crippen molar-refractivity contribution in [3.05, 3.63) is 35.4 Å². The second-order valence-corrected chi connectivity index (χ2v) is 7.18. The molecule has 108 valence electrons. The predicted molar refractivity (Wildman–Crippen MR) is 77.5 cm³/mol. The number of carbonyl (C=O) groups is 1. The quantitative estimate of drug-likeness (QED) is 0.777. The van der Waals surface area contributed by atoms with Gasteiger partial charge in [0.15, 0.2) is 0 Å². The molecule has 1 aromatic rings. The van der Waals surface area contributed by atoms with Crippen LogP contribution in [0, 0.1) is 29.1 Å². The molecule has 4 aliphatic rings. The van der Waals surface area contributed by atoms with Gasteiger partial charge in [-0.1, -0.05) is 0 Å². The first kappa shape index (κ1) is 12.9. The van der Waals surface area contributed by atoms with Gasteiger partial charge in [-0.3, -0.25) is 0 Å². The molecule has 0 atom stereocenters. The van der Waals surface area contributed by atoms with Gasteiger partial charge in [0.2, 0.25) is 0 Å². The first-order chi connectivity index (χ1) is 10.2. The van der Waals surface area contributed by atoms with E-state index in [4.69, 9.17) is 10.00 Å². The Bertz CT molecular complexity index is 576. The molecule has 0 aliphatic heterocycles. The third-order valence-corrected chi connectivity index (χ3v) is 5.54. The molecule has 0 N–H and O–H groups in total. The smallest absolute Gasteiger partial charge is 0.338 e. The van der Waals surface area contributed by atoms with E-state index >= 15 is 0 Å². The summed E-state index contributed by atoms with van der Waals surface area (Å²) in [5.74, 6) is 2.08. The topological polar surface area (TPSA) is 50.1 Å². The van der Waals surface area contributed by atoms with Crippen LogP contribution < -0.4 is 0 Å². The maximum absolute atomic E-state index is 12.4. The second-order valence-electron chi connectivity index (χ2n) is 7.18. The van der Waals surface area contributed by atoms with Crippen molar-refractivity contribution < 1.29 is 9.53 Å². The zero-order valence-corrected chi connectivity index (χ0v) is 12.0. The van der Waals surface area contributed by atoms with Crippen LogP contribution in [0.15, 0.2) is 24.3 Å². The molecule has 0 heterocycles. The standard InChI is InChI=1S/C18H19NO2/c19-11-12-1-3-16(4-2-12)17(20)21-18-8-13-5-14(9-18)7-15(6-13)10-18/h1-4,13-15H,5-10H2. The number of rotatable bonds is 2. The molecule has 0 spiro atoms. The van der Waals surface area contributed by atoms with E-state index in [0.29, 0.717) is 11.1 Å². The van der Waals surface area contributed by atoms with E-state index in [9.17, 15) is 4.79 Å². The SMILES string of the molecule is N#Cc1ccc(C(=O)OC23CC4CC(CC(C4)C2)C3)cc1. The van der Waals surface area contributed by atoms with Crippen molar-refractivity contribution in [1.29, 1.82) is 5.26 Å². The fourth-order valence-corrected chi connectivity index (χ4v) is 5.09. The van der Waals surface area contributed by atoms with Gasteiger partial charge in [-0.15, -0.1) is 0 Å². The molecule has 4 saturated carbocycles. The molecule has 3 heteroatoms. The second kappa shape index (κ2) is 4.59. The number of carbonyl (C=O) groups excluding carboxylic acids is 1. The van der Waals surface area contributed by atoms with Crippen molar-refractivity contribution in [2.45, 2.75) is 44.1 Å². The van der Waals surface area contributed by atoms with E-state index in [1.807, 2.05) is 0 Å². The number of nitriles is 1. The summed E-state index contributed by atoms with van der Waals surface area (Å²) in [7, 11) is 0. The Kier molecular flexibility index (Phi) is 2.82. The van der Waals surface area contributed by atoms with Crippen molar-refractivity contribution in [3.8, 4) is 6.07 Å². The maximum atomic E-state index is 12.4. The van der Waals surface area contributed by atoms with Crippen molar-refractivity contribution in [2.24, 2.45) is 17.8 Å². The van der Waals surface area contributed by atoms with Crippen LogP contribution in [0.4, 0.5) is 0 Å². The molecule has 4 fully saturated rings. The summed E-state index contributed by atoms with van der Waals surface area (Å²) in [6.45, 7) is 0. The van der Waals surface area contributed by atoms with Gasteiger partial charge in [0.05, 0.1) is 17.2 Å². The minimum atomic E-state index is -0.221. The van der Waals surface area contributed by atoms with Crippen molar-refractivity contribution in [3.63, 3.8) is 0 Å². The predicted octanol–water partition coefficient (Wildman–Crippen LogP) is 3.68. The van der Waals surface area contributed by atoms with Crippen LogP contribution in [0.3, 0.4) is 0 Å². The van der Waals surface area contributed by atoms with Crippen LogP contribution in [-0.2, 0) is 4.74 Å². The minimum Gasteiger partial charge on any atom is -0.455 e. The first-order valence-electron chi connectivity index (χ1n) is 7.89. The highest BCUT2D eigenvalue weighted by Crippen LogP contribution is 2.57. The molecule has 1 aromatic carbocycles. The highest BCUT2D eigenvalue weighted by atomic mass is 16.6. The number of benzene rings is 1. The molecule has 4 bridgehead atoms. The summed E-state index contributed by atoms with van der Waals surface area (Å²) >= 11 is 0. The van der Waals surface area contributed by atoms with Gasteiger partial charge in [0.25, 0.3) is 0 Å². The Hall–Kier alpha value is -1.82. The molecule has 4 aliphatic carbocycles. The van der Waals surface area contributed by atoms with E-state index in [2.05, 4.69) is 6.07 Å². The van der Waals surface area contributed by atoms with Crippen LogP contribution >= 0.6 is 0 Å². The van der Waals surface area contributed by atoms with Gasteiger partial charge in [-0.05, 0) is 80.5 Å². The van der Waals surface area contributed by atoms with Crippen LogP contribution in [0.1, 0.15) is 54.4 Å². The Morgan fingerprint density at radius 1 is 1.05 bits per heavy atom. The van der Waals surface area contributed by atoms with E-state index in [1.54, 1.807) is 24.3 Å². The van der Waals surface area contributed by atoms with Gasteiger partial charge >= 0.3 is 5.97 Å². The van der Waals surface area contributed by atoms with Gasteiger partial charge in [-0.2, -0.15) is 5.26 Å². The van der Waals surface area contributed by atoms with Crippen molar-refractivity contribution in [2.75, 3.05) is 0 Å². The van der Waals surface area contributed by atoms with Crippen molar-refractivity contribution >= 4 is 5.97 Å². The normalized spacial score (nSPS) is 36.2. The van der Waals surface area contributed by atoms with E-state index in [1.165, 1.54) is 19.3 Å². The Morgan fingerprint density at radius 2 is 1.57 bits per heavy atom.